The van der Waals surface area contributed by atoms with E-state index in [9.17, 15) is 10.1 Å². The second-order valence-corrected chi connectivity index (χ2v) is 4.31. The smallest absolute Gasteiger partial charge is 0.330 e. The van der Waals surface area contributed by atoms with E-state index >= 15 is 0 Å². The van der Waals surface area contributed by atoms with Gasteiger partial charge in [-0.25, -0.2) is 0 Å². The number of pyridine rings is 1. The molecule has 0 aromatic carbocycles. The highest BCUT2D eigenvalue weighted by molar-refractivity contribution is 9.10. The minimum Gasteiger partial charge on any atom is -0.481 e. The van der Waals surface area contributed by atoms with Crippen LogP contribution in [0.25, 0.3) is 0 Å². The number of rotatable bonds is 3. The first-order valence-corrected chi connectivity index (χ1v) is 5.63. The van der Waals surface area contributed by atoms with E-state index in [4.69, 9.17) is 4.74 Å². The summed E-state index contributed by atoms with van der Waals surface area (Å²) in [5.74, 6) is 0.258. The number of nitrogens with zero attached hydrogens (tertiary/aromatic N) is 2. The van der Waals surface area contributed by atoms with Gasteiger partial charge in [-0.3, -0.25) is 15.1 Å². The van der Waals surface area contributed by atoms with Gasteiger partial charge < -0.3 is 10.1 Å². The Morgan fingerprint density at radius 1 is 1.62 bits per heavy atom. The minimum atomic E-state index is -0.491. The number of hydrogen-bond donors (Lipinski definition) is 1. The third-order valence-corrected chi connectivity index (χ3v) is 2.90. The lowest BCUT2D eigenvalue weighted by atomic mass is 10.3. The van der Waals surface area contributed by atoms with Crippen LogP contribution in [0.4, 0.5) is 5.69 Å². The van der Waals surface area contributed by atoms with Crippen LogP contribution >= 0.6 is 15.9 Å². The number of halogens is 1. The van der Waals surface area contributed by atoms with Crippen molar-refractivity contribution in [1.29, 1.82) is 0 Å². The molecule has 1 aromatic heterocycles. The van der Waals surface area contributed by atoms with Crippen LogP contribution in [0.15, 0.2) is 16.9 Å². The number of nitrogens with one attached hydrogen (secondary N) is 1. The fourth-order valence-corrected chi connectivity index (χ4v) is 1.97. The van der Waals surface area contributed by atoms with Crippen molar-refractivity contribution < 1.29 is 9.66 Å². The predicted molar refractivity (Wildman–Crippen MR) is 60.5 cm³/mol. The van der Waals surface area contributed by atoms with Gasteiger partial charge in [0.2, 0.25) is 5.75 Å². The Morgan fingerprint density at radius 2 is 2.44 bits per heavy atom. The van der Waals surface area contributed by atoms with E-state index in [-0.39, 0.29) is 17.5 Å². The summed E-state index contributed by atoms with van der Waals surface area (Å²) in [6, 6.07) is 0. The summed E-state index contributed by atoms with van der Waals surface area (Å²) in [4.78, 5) is 14.1. The maximum Gasteiger partial charge on any atom is 0.330 e. The molecule has 1 saturated heterocycles. The monoisotopic (exact) mass is 287 g/mol. The van der Waals surface area contributed by atoms with E-state index in [2.05, 4.69) is 26.2 Å². The van der Waals surface area contributed by atoms with Gasteiger partial charge in [-0.05, 0) is 28.9 Å². The summed E-state index contributed by atoms with van der Waals surface area (Å²) < 4.78 is 6.12. The van der Waals surface area contributed by atoms with E-state index in [1.165, 1.54) is 12.4 Å². The summed E-state index contributed by atoms with van der Waals surface area (Å²) >= 11 is 3.21. The van der Waals surface area contributed by atoms with Gasteiger partial charge >= 0.3 is 5.69 Å². The van der Waals surface area contributed by atoms with Crippen LogP contribution in [0, 0.1) is 10.1 Å². The number of aromatic nitrogens is 1. The van der Waals surface area contributed by atoms with Crippen molar-refractivity contribution in [2.45, 2.75) is 12.5 Å². The fraction of sp³-hybridized carbons (Fsp3) is 0.444. The molecule has 0 saturated carbocycles. The topological polar surface area (TPSA) is 77.3 Å². The van der Waals surface area contributed by atoms with Gasteiger partial charge in [0.25, 0.3) is 0 Å². The first kappa shape index (κ1) is 11.3. The van der Waals surface area contributed by atoms with Gasteiger partial charge in [0.15, 0.2) is 0 Å². The van der Waals surface area contributed by atoms with Crippen molar-refractivity contribution in [2.75, 3.05) is 13.1 Å². The lowest BCUT2D eigenvalue weighted by Crippen LogP contribution is -2.20. The molecule has 1 N–H and O–H groups in total. The summed E-state index contributed by atoms with van der Waals surface area (Å²) in [5.41, 5.74) is -0.110. The Morgan fingerprint density at radius 3 is 3.06 bits per heavy atom. The summed E-state index contributed by atoms with van der Waals surface area (Å²) in [6.07, 6.45) is 3.52. The van der Waals surface area contributed by atoms with Gasteiger partial charge in [-0.15, -0.1) is 0 Å². The van der Waals surface area contributed by atoms with Gasteiger partial charge in [0, 0.05) is 12.7 Å². The van der Waals surface area contributed by atoms with Crippen LogP contribution in [0.3, 0.4) is 0 Å². The maximum atomic E-state index is 10.8. The van der Waals surface area contributed by atoms with Crippen LogP contribution in [0.2, 0.25) is 0 Å². The highest BCUT2D eigenvalue weighted by Crippen LogP contribution is 2.34. The van der Waals surface area contributed by atoms with Gasteiger partial charge in [-0.2, -0.15) is 0 Å². The quantitative estimate of drug-likeness (QED) is 0.673. The standard InChI is InChI=1S/C9H10BrN3O3/c10-7-4-12-5-8(13(14)15)9(7)16-6-1-2-11-3-6/h4-6,11H,1-3H2. The Kier molecular flexibility index (Phi) is 3.35. The third kappa shape index (κ3) is 2.30. The molecule has 0 radical (unpaired) electrons. The highest BCUT2D eigenvalue weighted by Gasteiger charge is 2.24. The zero-order valence-electron chi connectivity index (χ0n) is 8.35. The minimum absolute atomic E-state index is 0.0163. The molecule has 1 aliphatic rings. The molecule has 1 fully saturated rings. The van der Waals surface area contributed by atoms with Crippen molar-refractivity contribution in [1.82, 2.24) is 10.3 Å². The van der Waals surface area contributed by atoms with E-state index in [1.54, 1.807) is 0 Å². The summed E-state index contributed by atoms with van der Waals surface area (Å²) in [7, 11) is 0. The predicted octanol–water partition coefficient (Wildman–Crippen LogP) is 1.49. The SMILES string of the molecule is O=[N+]([O-])c1cncc(Br)c1OC1CCNC1. The molecule has 0 aliphatic carbocycles. The number of ether oxygens (including phenoxy) is 1. The largest absolute Gasteiger partial charge is 0.481 e. The zero-order chi connectivity index (χ0) is 11.5. The molecule has 2 heterocycles. The molecule has 1 aromatic rings. The third-order valence-electron chi connectivity index (χ3n) is 2.33. The molecule has 2 rings (SSSR count). The zero-order valence-corrected chi connectivity index (χ0v) is 9.94. The normalized spacial score (nSPS) is 19.7. The molecule has 0 bridgehead atoms. The van der Waals surface area contributed by atoms with Gasteiger partial charge in [0.05, 0.1) is 9.40 Å². The summed E-state index contributed by atoms with van der Waals surface area (Å²) in [5, 5.41) is 13.9. The molecule has 0 amide bonds. The van der Waals surface area contributed by atoms with Crippen LogP contribution in [-0.4, -0.2) is 29.1 Å². The van der Waals surface area contributed by atoms with Crippen molar-refractivity contribution in [3.8, 4) is 5.75 Å². The van der Waals surface area contributed by atoms with Crippen molar-refractivity contribution in [3.05, 3.63) is 27.0 Å². The second kappa shape index (κ2) is 4.75. The van der Waals surface area contributed by atoms with Crippen molar-refractivity contribution in [2.24, 2.45) is 0 Å². The lowest BCUT2D eigenvalue weighted by molar-refractivity contribution is -0.386. The average Bonchev–Trinajstić information content (AvgIpc) is 2.73. The van der Waals surface area contributed by atoms with Gasteiger partial charge in [0.1, 0.15) is 12.3 Å². The van der Waals surface area contributed by atoms with Gasteiger partial charge in [-0.1, -0.05) is 0 Å². The van der Waals surface area contributed by atoms with Crippen LogP contribution in [0.5, 0.6) is 5.75 Å². The number of hydrogen-bond acceptors (Lipinski definition) is 5. The molecular formula is C9H10BrN3O3. The fourth-order valence-electron chi connectivity index (χ4n) is 1.56. The van der Waals surface area contributed by atoms with Crippen LogP contribution in [0.1, 0.15) is 6.42 Å². The Hall–Kier alpha value is -1.21. The van der Waals surface area contributed by atoms with Crippen molar-refractivity contribution in [3.63, 3.8) is 0 Å². The molecular weight excluding hydrogens is 278 g/mol. The van der Waals surface area contributed by atoms with Crippen LogP contribution in [-0.2, 0) is 0 Å². The lowest BCUT2D eigenvalue weighted by Gasteiger charge is -2.13. The summed E-state index contributed by atoms with van der Waals surface area (Å²) in [6.45, 7) is 1.59. The average molecular weight is 288 g/mol. The molecule has 86 valence electrons. The Labute approximate surface area is 100 Å². The Balaban J connectivity index is 2.26. The molecule has 6 nitrogen and oxygen atoms in total. The molecule has 16 heavy (non-hydrogen) atoms. The van der Waals surface area contributed by atoms with E-state index in [0.29, 0.717) is 11.0 Å². The molecule has 1 aliphatic heterocycles. The molecule has 1 atom stereocenters. The Bertz CT molecular complexity index is 407. The molecule has 7 heteroatoms. The van der Waals surface area contributed by atoms with Crippen molar-refractivity contribution >= 4 is 21.6 Å². The maximum absolute atomic E-state index is 10.8. The highest BCUT2D eigenvalue weighted by atomic mass is 79.9. The van der Waals surface area contributed by atoms with E-state index in [0.717, 1.165) is 13.0 Å². The molecule has 1 unspecified atom stereocenters. The first-order valence-electron chi connectivity index (χ1n) is 4.83. The van der Waals surface area contributed by atoms with E-state index in [1.807, 2.05) is 0 Å². The van der Waals surface area contributed by atoms with E-state index < -0.39 is 4.92 Å². The molecule has 0 spiro atoms. The van der Waals surface area contributed by atoms with Crippen LogP contribution < -0.4 is 10.1 Å². The second-order valence-electron chi connectivity index (χ2n) is 3.46. The first-order chi connectivity index (χ1) is 7.68. The number of nitro groups is 1.